The molecule has 1 aromatic heterocycles. The van der Waals surface area contributed by atoms with Crippen LogP contribution in [-0.2, 0) is 0 Å². The van der Waals surface area contributed by atoms with E-state index in [1.807, 2.05) is 30.3 Å². The van der Waals surface area contributed by atoms with Gasteiger partial charge in [0.25, 0.3) is 0 Å². The van der Waals surface area contributed by atoms with Gasteiger partial charge in [0.2, 0.25) is 0 Å². The van der Waals surface area contributed by atoms with E-state index in [0.29, 0.717) is 11.6 Å². The van der Waals surface area contributed by atoms with Crippen LogP contribution in [-0.4, -0.2) is 36.1 Å². The second kappa shape index (κ2) is 6.44. The van der Waals surface area contributed by atoms with Gasteiger partial charge in [0.1, 0.15) is 12.1 Å². The Morgan fingerprint density at radius 1 is 1.18 bits per heavy atom. The number of hydrogen-bond acceptors (Lipinski definition) is 5. The lowest BCUT2D eigenvalue weighted by Gasteiger charge is -2.38. The summed E-state index contributed by atoms with van der Waals surface area (Å²) in [6.45, 7) is 2.04. The minimum atomic E-state index is 0.504. The van der Waals surface area contributed by atoms with Crippen LogP contribution in [0.1, 0.15) is 18.4 Å². The van der Waals surface area contributed by atoms with Gasteiger partial charge in [-0.25, -0.2) is 9.97 Å². The Hall–Kier alpha value is -2.61. The number of nitrogens with zero attached hydrogens (tertiary/aromatic N) is 5. The molecule has 1 saturated heterocycles. The fraction of sp³-hybridized carbons (Fsp3) is 0.353. The topological polar surface area (TPSA) is 56.1 Å². The molecule has 0 atom stereocenters. The van der Waals surface area contributed by atoms with Crippen LogP contribution in [0, 0.1) is 11.3 Å². The number of nitriles is 1. The van der Waals surface area contributed by atoms with Gasteiger partial charge in [0, 0.05) is 38.1 Å². The molecule has 0 N–H and O–H groups in total. The molecule has 5 heteroatoms. The van der Waals surface area contributed by atoms with Crippen molar-refractivity contribution in [3.8, 4) is 6.07 Å². The van der Waals surface area contributed by atoms with Gasteiger partial charge in [-0.05, 0) is 43.2 Å². The van der Waals surface area contributed by atoms with Crippen LogP contribution in [0.3, 0.4) is 0 Å². The van der Waals surface area contributed by atoms with E-state index in [1.165, 1.54) is 5.69 Å². The molecule has 3 rings (SSSR count). The highest BCUT2D eigenvalue weighted by Gasteiger charge is 2.23. The largest absolute Gasteiger partial charge is 0.371 e. The fourth-order valence-corrected chi connectivity index (χ4v) is 2.94. The van der Waals surface area contributed by atoms with Crippen LogP contribution in [0.4, 0.5) is 11.5 Å². The number of benzene rings is 1. The van der Waals surface area contributed by atoms with E-state index < -0.39 is 0 Å². The van der Waals surface area contributed by atoms with Crippen LogP contribution in [0.15, 0.2) is 42.9 Å². The Bertz CT molecular complexity index is 639. The van der Waals surface area contributed by atoms with E-state index in [2.05, 4.69) is 32.9 Å². The van der Waals surface area contributed by atoms with Crippen molar-refractivity contribution in [1.82, 2.24) is 9.97 Å². The smallest absolute Gasteiger partial charge is 0.131 e. The molecule has 0 saturated carbocycles. The van der Waals surface area contributed by atoms with Crippen molar-refractivity contribution >= 4 is 11.5 Å². The molecule has 2 aromatic rings. The van der Waals surface area contributed by atoms with Gasteiger partial charge in [-0.15, -0.1) is 0 Å². The first-order valence-electron chi connectivity index (χ1n) is 7.52. The van der Waals surface area contributed by atoms with Gasteiger partial charge < -0.3 is 9.80 Å². The molecule has 1 aliphatic heterocycles. The minimum Gasteiger partial charge on any atom is -0.371 e. The zero-order valence-electron chi connectivity index (χ0n) is 12.7. The molecule has 0 radical (unpaired) electrons. The maximum absolute atomic E-state index is 8.86. The standard InChI is InChI=1S/C17H19N5/c1-21(17-6-9-19-13-20-17)15-7-10-22(11-8-15)16-4-2-14(12-18)3-5-16/h2-6,9,13,15H,7-8,10-11H2,1H3. The molecule has 0 amide bonds. The Morgan fingerprint density at radius 3 is 2.50 bits per heavy atom. The summed E-state index contributed by atoms with van der Waals surface area (Å²) in [6.07, 6.45) is 5.57. The van der Waals surface area contributed by atoms with Crippen molar-refractivity contribution in [2.24, 2.45) is 0 Å². The second-order valence-electron chi connectivity index (χ2n) is 5.56. The molecular formula is C17H19N5. The molecule has 1 aliphatic rings. The highest BCUT2D eigenvalue weighted by atomic mass is 15.2. The average molecular weight is 293 g/mol. The number of anilines is 2. The zero-order chi connectivity index (χ0) is 15.4. The first-order chi connectivity index (χ1) is 10.8. The van der Waals surface area contributed by atoms with Crippen LogP contribution >= 0.6 is 0 Å². The monoisotopic (exact) mass is 293 g/mol. The summed E-state index contributed by atoms with van der Waals surface area (Å²) in [5, 5.41) is 8.86. The van der Waals surface area contributed by atoms with Gasteiger partial charge >= 0.3 is 0 Å². The highest BCUT2D eigenvalue weighted by Crippen LogP contribution is 2.24. The van der Waals surface area contributed by atoms with E-state index in [9.17, 15) is 0 Å². The van der Waals surface area contributed by atoms with E-state index in [-0.39, 0.29) is 0 Å². The van der Waals surface area contributed by atoms with Crippen molar-refractivity contribution in [2.45, 2.75) is 18.9 Å². The quantitative estimate of drug-likeness (QED) is 0.870. The van der Waals surface area contributed by atoms with Crippen LogP contribution < -0.4 is 9.80 Å². The second-order valence-corrected chi connectivity index (χ2v) is 5.56. The normalized spacial score (nSPS) is 15.4. The Balaban J connectivity index is 1.61. The summed E-state index contributed by atoms with van der Waals surface area (Å²) in [6, 6.07) is 12.5. The van der Waals surface area contributed by atoms with Gasteiger partial charge in [-0.1, -0.05) is 0 Å². The predicted octanol–water partition coefficient (Wildman–Crippen LogP) is 2.45. The summed E-state index contributed by atoms with van der Waals surface area (Å²) in [5.41, 5.74) is 1.91. The van der Waals surface area contributed by atoms with Crippen molar-refractivity contribution in [1.29, 1.82) is 5.26 Å². The van der Waals surface area contributed by atoms with E-state index in [0.717, 1.165) is 31.7 Å². The van der Waals surface area contributed by atoms with Gasteiger partial charge in [-0.2, -0.15) is 5.26 Å². The SMILES string of the molecule is CN(c1ccncn1)C1CCN(c2ccc(C#N)cc2)CC1. The third-order valence-electron chi connectivity index (χ3n) is 4.30. The van der Waals surface area contributed by atoms with E-state index in [1.54, 1.807) is 12.5 Å². The van der Waals surface area contributed by atoms with Gasteiger partial charge in [-0.3, -0.25) is 0 Å². The van der Waals surface area contributed by atoms with E-state index in [4.69, 9.17) is 5.26 Å². The van der Waals surface area contributed by atoms with Gasteiger partial charge in [0.05, 0.1) is 11.6 Å². The third kappa shape index (κ3) is 3.01. The van der Waals surface area contributed by atoms with Crippen molar-refractivity contribution in [2.75, 3.05) is 29.9 Å². The molecule has 0 spiro atoms. The lowest BCUT2D eigenvalue weighted by atomic mass is 10.0. The molecule has 5 nitrogen and oxygen atoms in total. The maximum Gasteiger partial charge on any atom is 0.131 e. The predicted molar refractivity (Wildman–Crippen MR) is 86.8 cm³/mol. The van der Waals surface area contributed by atoms with Crippen LogP contribution in [0.25, 0.3) is 0 Å². The number of hydrogen-bond donors (Lipinski definition) is 0. The molecule has 2 heterocycles. The van der Waals surface area contributed by atoms with Crippen molar-refractivity contribution < 1.29 is 0 Å². The Labute approximate surface area is 130 Å². The van der Waals surface area contributed by atoms with Crippen LogP contribution in [0.2, 0.25) is 0 Å². The first-order valence-corrected chi connectivity index (χ1v) is 7.52. The summed E-state index contributed by atoms with van der Waals surface area (Å²) < 4.78 is 0. The number of aromatic nitrogens is 2. The highest BCUT2D eigenvalue weighted by molar-refractivity contribution is 5.50. The first kappa shape index (κ1) is 14.3. The van der Waals surface area contributed by atoms with E-state index >= 15 is 0 Å². The Kier molecular flexibility index (Phi) is 4.19. The minimum absolute atomic E-state index is 0.504. The molecule has 0 aliphatic carbocycles. The molecule has 0 unspecified atom stereocenters. The Morgan fingerprint density at radius 2 is 1.91 bits per heavy atom. The molecule has 112 valence electrons. The average Bonchev–Trinajstić information content (AvgIpc) is 2.62. The fourth-order valence-electron chi connectivity index (χ4n) is 2.94. The number of rotatable bonds is 3. The lowest BCUT2D eigenvalue weighted by molar-refractivity contribution is 0.480. The molecule has 1 fully saturated rings. The molecule has 1 aromatic carbocycles. The summed E-state index contributed by atoms with van der Waals surface area (Å²) in [4.78, 5) is 12.9. The zero-order valence-corrected chi connectivity index (χ0v) is 12.7. The molecular weight excluding hydrogens is 274 g/mol. The third-order valence-corrected chi connectivity index (χ3v) is 4.30. The van der Waals surface area contributed by atoms with Crippen molar-refractivity contribution in [3.63, 3.8) is 0 Å². The number of piperidine rings is 1. The van der Waals surface area contributed by atoms with Crippen LogP contribution in [0.5, 0.6) is 0 Å². The summed E-state index contributed by atoms with van der Waals surface area (Å²) >= 11 is 0. The van der Waals surface area contributed by atoms with Crippen molar-refractivity contribution in [3.05, 3.63) is 48.4 Å². The molecule has 0 bridgehead atoms. The molecule has 22 heavy (non-hydrogen) atoms. The lowest BCUT2D eigenvalue weighted by Crippen LogP contribution is -2.43. The maximum atomic E-state index is 8.86. The summed E-state index contributed by atoms with van der Waals surface area (Å²) in [5.74, 6) is 0.979. The van der Waals surface area contributed by atoms with Gasteiger partial charge in [0.15, 0.2) is 0 Å². The summed E-state index contributed by atoms with van der Waals surface area (Å²) in [7, 11) is 2.10.